The summed E-state index contributed by atoms with van der Waals surface area (Å²) in [5.74, 6) is 0. The molecule has 4 nitrogen and oxygen atoms in total. The summed E-state index contributed by atoms with van der Waals surface area (Å²) in [4.78, 5) is 8.20. The molecule has 0 atom stereocenters. The van der Waals surface area contributed by atoms with Crippen LogP contribution in [0.3, 0.4) is 0 Å². The fourth-order valence-corrected chi connectivity index (χ4v) is 5.41. The third kappa shape index (κ3) is 2.86. The summed E-state index contributed by atoms with van der Waals surface area (Å²) in [6.45, 7) is 12.2. The number of hydrogen-bond acceptors (Lipinski definition) is 4. The van der Waals surface area contributed by atoms with E-state index >= 15 is 0 Å². The molecule has 2 aliphatic carbocycles. The molecule has 1 N–H and O–H groups in total. The average Bonchev–Trinajstić information content (AvgIpc) is 2.92. The van der Waals surface area contributed by atoms with Crippen LogP contribution in [-0.4, -0.2) is 77.8 Å². The van der Waals surface area contributed by atoms with Gasteiger partial charge in [-0.3, -0.25) is 14.7 Å². The Balaban J connectivity index is 1.43. The first-order valence-electron chi connectivity index (χ1n) is 9.87. The Labute approximate surface area is 142 Å². The van der Waals surface area contributed by atoms with Gasteiger partial charge in [-0.2, -0.15) is 0 Å². The Morgan fingerprint density at radius 2 is 1.65 bits per heavy atom. The van der Waals surface area contributed by atoms with Crippen molar-refractivity contribution in [2.45, 2.75) is 75.4 Å². The van der Waals surface area contributed by atoms with E-state index in [9.17, 15) is 0 Å². The second-order valence-electron chi connectivity index (χ2n) is 9.54. The van der Waals surface area contributed by atoms with E-state index in [4.69, 9.17) is 0 Å². The van der Waals surface area contributed by atoms with E-state index in [0.717, 1.165) is 6.54 Å². The highest BCUT2D eigenvalue weighted by Gasteiger charge is 2.47. The molecule has 2 aliphatic heterocycles. The molecule has 0 amide bonds. The minimum absolute atomic E-state index is 0.282. The minimum Gasteiger partial charge on any atom is -0.308 e. The Hall–Kier alpha value is -0.160. The van der Waals surface area contributed by atoms with E-state index in [-0.39, 0.29) is 5.54 Å². The smallest absolute Gasteiger partial charge is 0.0513 e. The van der Waals surface area contributed by atoms with E-state index in [1.807, 2.05) is 0 Å². The fraction of sp³-hybridized carbons (Fsp3) is 1.00. The van der Waals surface area contributed by atoms with Crippen LogP contribution < -0.4 is 5.32 Å². The third-order valence-electron chi connectivity index (χ3n) is 7.54. The van der Waals surface area contributed by atoms with E-state index in [0.29, 0.717) is 11.1 Å². The van der Waals surface area contributed by atoms with Gasteiger partial charge in [-0.1, -0.05) is 12.8 Å². The first-order chi connectivity index (χ1) is 10.9. The van der Waals surface area contributed by atoms with E-state index in [2.05, 4.69) is 40.9 Å². The molecule has 4 rings (SSSR count). The van der Waals surface area contributed by atoms with Crippen molar-refractivity contribution in [1.82, 2.24) is 20.0 Å². The molecule has 4 aliphatic rings. The van der Waals surface area contributed by atoms with Crippen molar-refractivity contribution >= 4 is 0 Å². The number of likely N-dealkylation sites (N-methyl/N-ethyl adjacent to an activating group) is 1. The Morgan fingerprint density at radius 1 is 0.913 bits per heavy atom. The first-order valence-corrected chi connectivity index (χ1v) is 9.87. The standard InChI is InChI=1S/C19H36N4/c1-17(2)13-20-18(7-4-5-8-18)14-23(17)16-22-12-11-21(3)19(15-22)9-6-10-19/h20H,4-16H2,1-3H3. The van der Waals surface area contributed by atoms with Crippen molar-refractivity contribution in [2.75, 3.05) is 46.4 Å². The number of nitrogens with one attached hydrogen (secondary N) is 1. The quantitative estimate of drug-likeness (QED) is 0.841. The van der Waals surface area contributed by atoms with E-state index in [1.165, 1.54) is 77.8 Å². The zero-order valence-corrected chi connectivity index (χ0v) is 15.5. The van der Waals surface area contributed by atoms with Gasteiger partial charge in [-0.05, 0) is 53.0 Å². The van der Waals surface area contributed by atoms with Crippen LogP contribution in [0.4, 0.5) is 0 Å². The number of hydrogen-bond donors (Lipinski definition) is 1. The average molecular weight is 321 g/mol. The molecule has 0 unspecified atom stereocenters. The monoisotopic (exact) mass is 320 g/mol. The molecule has 23 heavy (non-hydrogen) atoms. The second-order valence-corrected chi connectivity index (χ2v) is 9.54. The summed E-state index contributed by atoms with van der Waals surface area (Å²) >= 11 is 0. The molecule has 2 saturated carbocycles. The fourth-order valence-electron chi connectivity index (χ4n) is 5.41. The SMILES string of the molecule is CN1CCN(CN2CC3(CCCC3)NCC2(C)C)CC12CCC2. The van der Waals surface area contributed by atoms with Gasteiger partial charge in [-0.25, -0.2) is 0 Å². The van der Waals surface area contributed by atoms with Gasteiger partial charge in [0, 0.05) is 49.3 Å². The molecule has 132 valence electrons. The van der Waals surface area contributed by atoms with Gasteiger partial charge in [-0.15, -0.1) is 0 Å². The van der Waals surface area contributed by atoms with Crippen LogP contribution in [0, 0.1) is 0 Å². The van der Waals surface area contributed by atoms with Gasteiger partial charge in [0.15, 0.2) is 0 Å². The van der Waals surface area contributed by atoms with Gasteiger partial charge in [0.05, 0.1) is 6.67 Å². The molecule has 2 saturated heterocycles. The molecule has 4 heteroatoms. The molecule has 4 fully saturated rings. The normalized spacial score (nSPS) is 34.0. The third-order valence-corrected chi connectivity index (χ3v) is 7.54. The van der Waals surface area contributed by atoms with Crippen LogP contribution in [-0.2, 0) is 0 Å². The maximum atomic E-state index is 3.93. The van der Waals surface area contributed by atoms with Crippen molar-refractivity contribution in [3.63, 3.8) is 0 Å². The summed E-state index contributed by atoms with van der Waals surface area (Å²) in [6, 6.07) is 0. The largest absolute Gasteiger partial charge is 0.308 e. The lowest BCUT2D eigenvalue weighted by Crippen LogP contribution is -2.71. The first kappa shape index (κ1) is 16.3. The van der Waals surface area contributed by atoms with Gasteiger partial charge in [0.2, 0.25) is 0 Å². The molecule has 0 aromatic heterocycles. The van der Waals surface area contributed by atoms with Crippen LogP contribution in [0.15, 0.2) is 0 Å². The Morgan fingerprint density at radius 3 is 2.30 bits per heavy atom. The van der Waals surface area contributed by atoms with Crippen LogP contribution >= 0.6 is 0 Å². The summed E-state index contributed by atoms with van der Waals surface area (Å²) < 4.78 is 0. The zero-order chi connectivity index (χ0) is 16.1. The van der Waals surface area contributed by atoms with Crippen molar-refractivity contribution in [3.05, 3.63) is 0 Å². The van der Waals surface area contributed by atoms with Gasteiger partial charge in [0.25, 0.3) is 0 Å². The van der Waals surface area contributed by atoms with Crippen LogP contribution in [0.2, 0.25) is 0 Å². The summed E-state index contributed by atoms with van der Waals surface area (Å²) in [5.41, 5.74) is 1.22. The predicted molar refractivity (Wildman–Crippen MR) is 95.6 cm³/mol. The molecule has 2 heterocycles. The Bertz CT molecular complexity index is 437. The van der Waals surface area contributed by atoms with Crippen molar-refractivity contribution in [3.8, 4) is 0 Å². The Kier molecular flexibility index (Phi) is 4.03. The number of nitrogens with zero attached hydrogens (tertiary/aromatic N) is 3. The predicted octanol–water partition coefficient (Wildman–Crippen LogP) is 2.11. The van der Waals surface area contributed by atoms with Crippen molar-refractivity contribution < 1.29 is 0 Å². The molecule has 0 bridgehead atoms. The maximum Gasteiger partial charge on any atom is 0.0513 e. The van der Waals surface area contributed by atoms with E-state index < -0.39 is 0 Å². The lowest BCUT2D eigenvalue weighted by molar-refractivity contribution is -0.0772. The number of rotatable bonds is 2. The van der Waals surface area contributed by atoms with Gasteiger partial charge >= 0.3 is 0 Å². The van der Waals surface area contributed by atoms with Crippen LogP contribution in [0.5, 0.6) is 0 Å². The van der Waals surface area contributed by atoms with E-state index in [1.54, 1.807) is 0 Å². The second kappa shape index (κ2) is 5.69. The van der Waals surface area contributed by atoms with Crippen LogP contribution in [0.25, 0.3) is 0 Å². The topological polar surface area (TPSA) is 21.8 Å². The van der Waals surface area contributed by atoms with Gasteiger partial charge in [0.1, 0.15) is 0 Å². The highest BCUT2D eigenvalue weighted by Crippen LogP contribution is 2.40. The van der Waals surface area contributed by atoms with Crippen molar-refractivity contribution in [1.29, 1.82) is 0 Å². The highest BCUT2D eigenvalue weighted by molar-refractivity contribution is 5.06. The summed E-state index contributed by atoms with van der Waals surface area (Å²) in [7, 11) is 2.35. The molecule has 2 spiro atoms. The highest BCUT2D eigenvalue weighted by atomic mass is 15.4. The summed E-state index contributed by atoms with van der Waals surface area (Å²) in [5, 5.41) is 3.93. The summed E-state index contributed by atoms with van der Waals surface area (Å²) in [6.07, 6.45) is 9.85. The minimum atomic E-state index is 0.282. The number of piperazine rings is 2. The van der Waals surface area contributed by atoms with Gasteiger partial charge < -0.3 is 5.32 Å². The molecule has 0 radical (unpaired) electrons. The maximum absolute atomic E-state index is 3.93. The lowest BCUT2D eigenvalue weighted by Gasteiger charge is -2.57. The van der Waals surface area contributed by atoms with Crippen LogP contribution in [0.1, 0.15) is 58.8 Å². The molecule has 0 aromatic rings. The molecule has 0 aromatic carbocycles. The van der Waals surface area contributed by atoms with Crippen molar-refractivity contribution in [2.24, 2.45) is 0 Å². The zero-order valence-electron chi connectivity index (χ0n) is 15.5. The molecular weight excluding hydrogens is 284 g/mol. The molecular formula is C19H36N4. The lowest BCUT2D eigenvalue weighted by atomic mass is 9.74.